The van der Waals surface area contributed by atoms with Crippen LogP contribution in [0.5, 0.6) is 0 Å². The largest absolute Gasteiger partial charge is 0.366 e. The molecule has 0 radical (unpaired) electrons. The molecule has 0 aliphatic carbocycles. The fourth-order valence-electron chi connectivity index (χ4n) is 3.80. The Morgan fingerprint density at radius 3 is 2.46 bits per heavy atom. The maximum Gasteiger partial charge on any atom is 0.327 e. The predicted molar refractivity (Wildman–Crippen MR) is 104 cm³/mol. The molecule has 28 heavy (non-hydrogen) atoms. The Hall–Kier alpha value is -2.55. The molecule has 0 saturated carbocycles. The maximum absolute atomic E-state index is 14.0. The van der Waals surface area contributed by atoms with Crippen LogP contribution in [0.2, 0.25) is 0 Å². The first kappa shape index (κ1) is 18.8. The van der Waals surface area contributed by atoms with Gasteiger partial charge < -0.3 is 14.7 Å². The van der Waals surface area contributed by atoms with Gasteiger partial charge in [-0.1, -0.05) is 23.9 Å². The number of rotatable bonds is 2. The summed E-state index contributed by atoms with van der Waals surface area (Å²) in [7, 11) is 3.10. The van der Waals surface area contributed by atoms with E-state index in [1.165, 1.54) is 29.8 Å². The fraction of sp³-hybridized carbons (Fsp3) is 0.421. The number of carbonyl (C=O) groups is 3. The molecule has 148 valence electrons. The minimum atomic E-state index is -0.503. The van der Waals surface area contributed by atoms with Crippen LogP contribution in [0.15, 0.2) is 35.2 Å². The zero-order chi connectivity index (χ0) is 20.0. The lowest BCUT2D eigenvalue weighted by atomic mass is 10.0. The number of amides is 4. The normalized spacial score (nSPS) is 25.2. The molecular weight excluding hydrogens is 383 g/mol. The van der Waals surface area contributed by atoms with Crippen molar-refractivity contribution in [3.05, 3.63) is 41.1 Å². The highest BCUT2D eigenvalue weighted by atomic mass is 32.2. The number of para-hydroxylation sites is 1. The number of anilines is 1. The van der Waals surface area contributed by atoms with Crippen molar-refractivity contribution in [2.24, 2.45) is 5.92 Å². The van der Waals surface area contributed by atoms with E-state index in [1.807, 2.05) is 4.90 Å². The average molecular weight is 404 g/mol. The number of halogens is 1. The van der Waals surface area contributed by atoms with Crippen LogP contribution in [0, 0.1) is 11.7 Å². The first-order valence-corrected chi connectivity index (χ1v) is 9.98. The summed E-state index contributed by atoms with van der Waals surface area (Å²) in [5.74, 6) is -1.19. The number of benzene rings is 1. The summed E-state index contributed by atoms with van der Waals surface area (Å²) in [6, 6.07) is 6.26. The monoisotopic (exact) mass is 404 g/mol. The second-order valence-corrected chi connectivity index (χ2v) is 8.25. The Balaban J connectivity index is 1.43. The highest BCUT2D eigenvalue weighted by Gasteiger charge is 2.47. The van der Waals surface area contributed by atoms with Crippen molar-refractivity contribution in [2.45, 2.75) is 5.37 Å². The Morgan fingerprint density at radius 2 is 1.79 bits per heavy atom. The summed E-state index contributed by atoms with van der Waals surface area (Å²) < 4.78 is 14.0. The molecule has 3 aliphatic heterocycles. The summed E-state index contributed by atoms with van der Waals surface area (Å²) >= 11 is 1.27. The van der Waals surface area contributed by atoms with Gasteiger partial charge >= 0.3 is 6.03 Å². The van der Waals surface area contributed by atoms with Crippen molar-refractivity contribution >= 4 is 35.3 Å². The van der Waals surface area contributed by atoms with Crippen LogP contribution < -0.4 is 4.90 Å². The third-order valence-electron chi connectivity index (χ3n) is 5.44. The van der Waals surface area contributed by atoms with Crippen LogP contribution in [-0.4, -0.2) is 78.2 Å². The first-order valence-electron chi connectivity index (χ1n) is 9.10. The molecule has 2 fully saturated rings. The average Bonchev–Trinajstić information content (AvgIpc) is 3.16. The molecule has 2 unspecified atom stereocenters. The van der Waals surface area contributed by atoms with E-state index in [-0.39, 0.29) is 29.0 Å². The molecule has 9 heteroatoms. The molecular formula is C19H21FN4O3S. The number of hydrogen-bond donors (Lipinski definition) is 0. The summed E-state index contributed by atoms with van der Waals surface area (Å²) in [5, 5.41) is -0.380. The minimum absolute atomic E-state index is 0.135. The quantitative estimate of drug-likeness (QED) is 0.749. The molecule has 0 bridgehead atoms. The molecule has 0 N–H and O–H groups in total. The molecule has 1 aromatic carbocycles. The van der Waals surface area contributed by atoms with Gasteiger partial charge in [0.05, 0.1) is 21.9 Å². The molecule has 3 heterocycles. The van der Waals surface area contributed by atoms with Gasteiger partial charge in [0.1, 0.15) is 5.82 Å². The summed E-state index contributed by atoms with van der Waals surface area (Å²) in [6.07, 6.45) is 1.68. The first-order chi connectivity index (χ1) is 13.4. The van der Waals surface area contributed by atoms with Gasteiger partial charge in [-0.15, -0.1) is 0 Å². The van der Waals surface area contributed by atoms with E-state index in [1.54, 1.807) is 36.2 Å². The molecule has 4 amide bonds. The summed E-state index contributed by atoms with van der Waals surface area (Å²) in [4.78, 5) is 44.2. The molecule has 3 aliphatic rings. The predicted octanol–water partition coefficient (Wildman–Crippen LogP) is 1.57. The maximum atomic E-state index is 14.0. The smallest absolute Gasteiger partial charge is 0.327 e. The Labute approximate surface area is 166 Å². The van der Waals surface area contributed by atoms with Crippen LogP contribution >= 0.6 is 11.8 Å². The van der Waals surface area contributed by atoms with Crippen LogP contribution in [0.25, 0.3) is 0 Å². The van der Waals surface area contributed by atoms with E-state index in [2.05, 4.69) is 0 Å². The molecule has 0 spiro atoms. The third kappa shape index (κ3) is 3.03. The Kier molecular flexibility index (Phi) is 4.78. The van der Waals surface area contributed by atoms with Crippen LogP contribution in [-0.2, 0) is 9.59 Å². The van der Waals surface area contributed by atoms with Gasteiger partial charge in [-0.3, -0.25) is 14.5 Å². The molecule has 2 saturated heterocycles. The van der Waals surface area contributed by atoms with Gasteiger partial charge in [-0.2, -0.15) is 0 Å². The number of imide groups is 1. The number of thioether (sulfide) groups is 1. The van der Waals surface area contributed by atoms with Gasteiger partial charge in [0.15, 0.2) is 0 Å². The zero-order valence-corrected chi connectivity index (χ0v) is 16.5. The standard InChI is InChI=1S/C19H21FN4O3S/c1-21-16(25)12-11-15(28-18(12)22(2)19(21)27)17(26)24-9-7-23(8-10-24)14-6-4-3-5-13(14)20/h3-6,11-12,18H,7-10H2,1-2H3. The van der Waals surface area contributed by atoms with Crippen molar-refractivity contribution in [3.63, 3.8) is 0 Å². The van der Waals surface area contributed by atoms with Gasteiger partial charge in [0.25, 0.3) is 5.91 Å². The fourth-order valence-corrected chi connectivity index (χ4v) is 5.11. The number of piperazine rings is 1. The van der Waals surface area contributed by atoms with Gasteiger partial charge in [0, 0.05) is 40.3 Å². The number of nitrogens with zero attached hydrogens (tertiary/aromatic N) is 4. The number of urea groups is 1. The summed E-state index contributed by atoms with van der Waals surface area (Å²) in [5.41, 5.74) is 0.545. The van der Waals surface area contributed by atoms with E-state index in [4.69, 9.17) is 0 Å². The lowest BCUT2D eigenvalue weighted by molar-refractivity contribution is -0.133. The molecule has 4 rings (SSSR count). The Bertz CT molecular complexity index is 868. The van der Waals surface area contributed by atoms with Gasteiger partial charge in [-0.25, -0.2) is 9.18 Å². The van der Waals surface area contributed by atoms with Gasteiger partial charge in [-0.05, 0) is 18.2 Å². The molecule has 1 aromatic rings. The van der Waals surface area contributed by atoms with Crippen molar-refractivity contribution < 1.29 is 18.8 Å². The number of hydrogen-bond acceptors (Lipinski definition) is 5. The van der Waals surface area contributed by atoms with E-state index >= 15 is 0 Å². The van der Waals surface area contributed by atoms with Crippen molar-refractivity contribution in [1.82, 2.24) is 14.7 Å². The van der Waals surface area contributed by atoms with Crippen molar-refractivity contribution in [1.29, 1.82) is 0 Å². The highest BCUT2D eigenvalue weighted by molar-refractivity contribution is 8.04. The van der Waals surface area contributed by atoms with Crippen molar-refractivity contribution in [3.8, 4) is 0 Å². The second kappa shape index (κ2) is 7.12. The highest BCUT2D eigenvalue weighted by Crippen LogP contribution is 2.42. The van der Waals surface area contributed by atoms with Crippen LogP contribution in [0.4, 0.5) is 14.9 Å². The second-order valence-electron chi connectivity index (χ2n) is 7.09. The Morgan fingerprint density at radius 1 is 1.11 bits per heavy atom. The molecule has 2 atom stereocenters. The number of fused-ring (bicyclic) bond motifs is 1. The SMILES string of the molecule is CN1C(=O)C2C=C(C(=O)N3CCN(c4ccccc4F)CC3)SC2N(C)C1=O. The van der Waals surface area contributed by atoms with E-state index in [0.29, 0.717) is 36.8 Å². The molecule has 7 nitrogen and oxygen atoms in total. The minimum Gasteiger partial charge on any atom is -0.366 e. The lowest BCUT2D eigenvalue weighted by Crippen LogP contribution is -2.56. The lowest BCUT2D eigenvalue weighted by Gasteiger charge is -2.38. The van der Waals surface area contributed by atoms with Crippen LogP contribution in [0.1, 0.15) is 0 Å². The van der Waals surface area contributed by atoms with E-state index in [0.717, 1.165) is 4.90 Å². The van der Waals surface area contributed by atoms with E-state index < -0.39 is 5.92 Å². The zero-order valence-electron chi connectivity index (χ0n) is 15.7. The number of carbonyl (C=O) groups excluding carboxylic acids is 3. The van der Waals surface area contributed by atoms with Crippen molar-refractivity contribution in [2.75, 3.05) is 45.2 Å². The third-order valence-corrected chi connectivity index (χ3v) is 6.86. The topological polar surface area (TPSA) is 64.2 Å². The summed E-state index contributed by atoms with van der Waals surface area (Å²) in [6.45, 7) is 2.03. The van der Waals surface area contributed by atoms with Gasteiger partial charge in [0.2, 0.25) is 5.91 Å². The molecule has 0 aromatic heterocycles. The van der Waals surface area contributed by atoms with E-state index in [9.17, 15) is 18.8 Å². The van der Waals surface area contributed by atoms with Crippen LogP contribution in [0.3, 0.4) is 0 Å².